The Bertz CT molecular complexity index is 1200. The summed E-state index contributed by atoms with van der Waals surface area (Å²) in [5.74, 6) is -4.12. The number of hydrogen-bond acceptors (Lipinski definition) is 4. The number of pyridine rings is 1. The first-order valence-corrected chi connectivity index (χ1v) is 9.92. The largest absolute Gasteiger partial charge is 0.460 e. The van der Waals surface area contributed by atoms with E-state index in [0.29, 0.717) is 0 Å². The number of amides is 3. The minimum absolute atomic E-state index is 0.0512. The van der Waals surface area contributed by atoms with Gasteiger partial charge in [0.25, 0.3) is 5.91 Å². The quantitative estimate of drug-likeness (QED) is 0.387. The molecule has 2 N–H and O–H groups in total. The molecular weight excluding hydrogens is 508 g/mol. The van der Waals surface area contributed by atoms with Crippen LogP contribution in [0.1, 0.15) is 22.0 Å². The summed E-state index contributed by atoms with van der Waals surface area (Å²) in [6.07, 6.45) is -6.28. The molecule has 1 unspecified atom stereocenters. The lowest BCUT2D eigenvalue weighted by molar-refractivity contribution is -0.198. The summed E-state index contributed by atoms with van der Waals surface area (Å²) in [4.78, 5) is 27.6. The zero-order valence-corrected chi connectivity index (χ0v) is 18.1. The van der Waals surface area contributed by atoms with E-state index < -0.39 is 47.3 Å². The third-order valence-corrected chi connectivity index (χ3v) is 4.93. The summed E-state index contributed by atoms with van der Waals surface area (Å²) >= 11 is 11.5. The van der Waals surface area contributed by atoms with Gasteiger partial charge in [0.05, 0.1) is 21.9 Å². The molecule has 1 atom stereocenters. The van der Waals surface area contributed by atoms with Crippen LogP contribution in [0.2, 0.25) is 10.0 Å². The monoisotopic (exact) mass is 519 g/mol. The van der Waals surface area contributed by atoms with Crippen LogP contribution in [-0.2, 0) is 0 Å². The van der Waals surface area contributed by atoms with Crippen LogP contribution in [0.5, 0.6) is 5.88 Å². The molecule has 0 saturated heterocycles. The van der Waals surface area contributed by atoms with Gasteiger partial charge in [0.2, 0.25) is 12.0 Å². The number of benzene rings is 2. The van der Waals surface area contributed by atoms with Crippen molar-refractivity contribution in [1.82, 2.24) is 10.3 Å². The molecule has 178 valence electrons. The molecule has 3 amide bonds. The van der Waals surface area contributed by atoms with Gasteiger partial charge >= 0.3 is 12.2 Å². The molecule has 0 aliphatic heterocycles. The van der Waals surface area contributed by atoms with E-state index in [-0.39, 0.29) is 21.3 Å². The Morgan fingerprint density at radius 1 is 0.971 bits per heavy atom. The highest BCUT2D eigenvalue weighted by Gasteiger charge is 2.43. The zero-order chi connectivity index (χ0) is 25.0. The second-order valence-electron chi connectivity index (χ2n) is 6.60. The number of aromatic nitrogens is 1. The number of hydrogen-bond donors (Lipinski definition) is 2. The van der Waals surface area contributed by atoms with Crippen molar-refractivity contribution in [3.8, 4) is 5.88 Å². The van der Waals surface area contributed by atoms with Gasteiger partial charge in [0.1, 0.15) is 17.2 Å². The first-order chi connectivity index (χ1) is 16.0. The van der Waals surface area contributed by atoms with Gasteiger partial charge in [-0.15, -0.1) is 0 Å². The average Bonchev–Trinajstić information content (AvgIpc) is 2.74. The van der Waals surface area contributed by atoms with Gasteiger partial charge in [0.15, 0.2) is 0 Å². The second kappa shape index (κ2) is 10.2. The number of nitrogens with one attached hydrogen (secondary N) is 2. The molecule has 0 fully saturated rings. The van der Waals surface area contributed by atoms with E-state index in [1.165, 1.54) is 6.07 Å². The number of nitrogens with zero attached hydrogens (tertiary/aromatic N) is 1. The number of alkyl halides is 3. The lowest BCUT2D eigenvalue weighted by Crippen LogP contribution is -2.35. The van der Waals surface area contributed by atoms with Gasteiger partial charge in [-0.1, -0.05) is 35.3 Å². The van der Waals surface area contributed by atoms with Crippen LogP contribution in [0.25, 0.3) is 0 Å². The fourth-order valence-electron chi connectivity index (χ4n) is 2.69. The molecule has 0 saturated carbocycles. The van der Waals surface area contributed by atoms with Crippen LogP contribution in [0.15, 0.2) is 54.7 Å². The Morgan fingerprint density at radius 3 is 2.21 bits per heavy atom. The number of halogens is 7. The molecule has 3 rings (SSSR count). The maximum absolute atomic E-state index is 13.6. The number of carbonyl (C=O) groups is 2. The number of carbonyl (C=O) groups excluding carboxylic acids is 2. The van der Waals surface area contributed by atoms with Crippen LogP contribution >= 0.6 is 23.2 Å². The van der Waals surface area contributed by atoms with Crippen LogP contribution < -0.4 is 15.4 Å². The van der Waals surface area contributed by atoms with Crippen molar-refractivity contribution >= 4 is 40.8 Å². The van der Waals surface area contributed by atoms with E-state index in [9.17, 15) is 31.5 Å². The Kier molecular flexibility index (Phi) is 7.57. The van der Waals surface area contributed by atoms with E-state index in [2.05, 4.69) is 10.3 Å². The lowest BCUT2D eigenvalue weighted by Gasteiger charge is -2.22. The van der Waals surface area contributed by atoms with Crippen molar-refractivity contribution in [3.63, 3.8) is 0 Å². The predicted molar refractivity (Wildman–Crippen MR) is 113 cm³/mol. The number of ether oxygens (including phenoxy) is 1. The van der Waals surface area contributed by atoms with E-state index in [1.54, 1.807) is 5.32 Å². The summed E-state index contributed by atoms with van der Waals surface area (Å²) in [6.45, 7) is 0. The highest BCUT2D eigenvalue weighted by atomic mass is 35.5. The first kappa shape index (κ1) is 25.2. The average molecular weight is 520 g/mol. The van der Waals surface area contributed by atoms with Crippen molar-refractivity contribution in [2.45, 2.75) is 12.3 Å². The fourth-order valence-corrected chi connectivity index (χ4v) is 2.99. The van der Waals surface area contributed by atoms with E-state index in [0.717, 1.165) is 48.7 Å². The van der Waals surface area contributed by atoms with Gasteiger partial charge in [0, 0.05) is 11.6 Å². The Balaban J connectivity index is 1.68. The highest BCUT2D eigenvalue weighted by Crippen LogP contribution is 2.38. The molecule has 1 heterocycles. The third kappa shape index (κ3) is 6.12. The maximum Gasteiger partial charge on any atom is 0.429 e. The van der Waals surface area contributed by atoms with Gasteiger partial charge in [-0.05, 0) is 30.3 Å². The van der Waals surface area contributed by atoms with Gasteiger partial charge in [-0.25, -0.2) is 18.6 Å². The van der Waals surface area contributed by atoms with Crippen molar-refractivity contribution in [3.05, 3.63) is 87.5 Å². The van der Waals surface area contributed by atoms with Crippen LogP contribution in [0.4, 0.5) is 32.4 Å². The number of urea groups is 1. The van der Waals surface area contributed by atoms with Crippen LogP contribution in [0.3, 0.4) is 0 Å². The molecule has 3 aromatic rings. The molecule has 2 aromatic carbocycles. The summed E-state index contributed by atoms with van der Waals surface area (Å²) < 4.78 is 72.8. The number of rotatable bonds is 5. The van der Waals surface area contributed by atoms with Crippen molar-refractivity contribution in [2.75, 3.05) is 5.32 Å². The van der Waals surface area contributed by atoms with Gasteiger partial charge in [-0.2, -0.15) is 13.2 Å². The molecule has 1 aromatic heterocycles. The van der Waals surface area contributed by atoms with E-state index >= 15 is 0 Å². The maximum atomic E-state index is 13.6. The topological polar surface area (TPSA) is 80.3 Å². The van der Waals surface area contributed by atoms with Gasteiger partial charge in [-0.3, -0.25) is 10.1 Å². The summed E-state index contributed by atoms with van der Waals surface area (Å²) in [5.41, 5.74) is -1.33. The van der Waals surface area contributed by atoms with Gasteiger partial charge < -0.3 is 10.1 Å². The first-order valence-electron chi connectivity index (χ1n) is 9.16. The minimum atomic E-state index is -4.82. The number of imide groups is 1. The highest BCUT2D eigenvalue weighted by molar-refractivity contribution is 6.42. The van der Waals surface area contributed by atoms with Crippen molar-refractivity contribution in [1.29, 1.82) is 0 Å². The van der Waals surface area contributed by atoms with Crippen LogP contribution in [0, 0.1) is 11.6 Å². The second-order valence-corrected chi connectivity index (χ2v) is 7.42. The zero-order valence-electron chi connectivity index (χ0n) is 16.6. The molecule has 0 aliphatic rings. The van der Waals surface area contributed by atoms with Crippen molar-refractivity contribution < 1.29 is 36.3 Å². The Hall–Kier alpha value is -3.44. The standard InChI is InChI=1S/C21H12Cl2F5N3O3/c22-12-6-4-10(8-13(12)23)18(21(26,27)28)34-16-7-5-11(9-29-16)30-20(33)31-19(32)17-14(24)2-1-3-15(17)25/h1-9,18H,(H2,30,31,32,33). The lowest BCUT2D eigenvalue weighted by atomic mass is 10.1. The smallest absolute Gasteiger partial charge is 0.429 e. The predicted octanol–water partition coefficient (Wildman–Crippen LogP) is 6.31. The van der Waals surface area contributed by atoms with Crippen LogP contribution in [-0.4, -0.2) is 23.1 Å². The van der Waals surface area contributed by atoms with Crippen molar-refractivity contribution in [2.24, 2.45) is 0 Å². The molecule has 13 heteroatoms. The van der Waals surface area contributed by atoms with E-state index in [4.69, 9.17) is 27.9 Å². The fraction of sp³-hybridized carbons (Fsp3) is 0.0952. The molecular formula is C21H12Cl2F5N3O3. The summed E-state index contributed by atoms with van der Waals surface area (Å²) in [5, 5.41) is 3.84. The minimum Gasteiger partial charge on any atom is -0.460 e. The Labute approximate surface area is 198 Å². The molecule has 0 radical (unpaired) electrons. The third-order valence-electron chi connectivity index (χ3n) is 4.19. The van der Waals surface area contributed by atoms with E-state index in [1.807, 2.05) is 0 Å². The Morgan fingerprint density at radius 2 is 1.65 bits per heavy atom. The molecule has 0 bridgehead atoms. The molecule has 6 nitrogen and oxygen atoms in total. The molecule has 0 aliphatic carbocycles. The summed E-state index contributed by atoms with van der Waals surface area (Å²) in [6, 6.07) is 7.03. The molecule has 34 heavy (non-hydrogen) atoms. The molecule has 0 spiro atoms. The number of anilines is 1. The normalized spacial score (nSPS) is 12.1. The SMILES string of the molecule is O=C(NC(=O)c1c(F)cccc1F)Nc1ccc(OC(c2ccc(Cl)c(Cl)c2)C(F)(F)F)nc1. The summed E-state index contributed by atoms with van der Waals surface area (Å²) in [7, 11) is 0.